The summed E-state index contributed by atoms with van der Waals surface area (Å²) in [5.74, 6) is 1.67. The molecule has 8 heteroatoms. The lowest BCUT2D eigenvalue weighted by Gasteiger charge is -2.24. The van der Waals surface area contributed by atoms with Crippen LogP contribution in [0.2, 0.25) is 0 Å². The van der Waals surface area contributed by atoms with Crippen LogP contribution in [0.5, 0.6) is 5.75 Å². The van der Waals surface area contributed by atoms with E-state index in [9.17, 15) is 0 Å². The first-order valence-corrected chi connectivity index (χ1v) is 8.89. The summed E-state index contributed by atoms with van der Waals surface area (Å²) in [6, 6.07) is 17.5. The normalized spacial score (nSPS) is 16.0. The van der Waals surface area contributed by atoms with Crippen LogP contribution in [0.15, 0.2) is 59.1 Å². The smallest absolute Gasteiger partial charge is 0.280 e. The van der Waals surface area contributed by atoms with Gasteiger partial charge in [-0.25, -0.2) is 4.68 Å². The van der Waals surface area contributed by atoms with Crippen LogP contribution >= 0.6 is 0 Å². The van der Waals surface area contributed by atoms with Crippen LogP contribution in [-0.2, 0) is 17.9 Å². The summed E-state index contributed by atoms with van der Waals surface area (Å²) in [7, 11) is 1.65. The molecule has 2 aromatic heterocycles. The molecule has 0 bridgehead atoms. The molecular formula is C20H17N5O3. The van der Waals surface area contributed by atoms with Crippen LogP contribution in [-0.4, -0.2) is 32.2 Å². The van der Waals surface area contributed by atoms with E-state index in [4.69, 9.17) is 14.0 Å². The number of fused-ring (bicyclic) bond motifs is 1. The third-order valence-electron chi connectivity index (χ3n) is 4.75. The molecule has 0 saturated carbocycles. The van der Waals surface area contributed by atoms with Crippen LogP contribution in [0.1, 0.15) is 17.4 Å². The van der Waals surface area contributed by atoms with Gasteiger partial charge in [-0.3, -0.25) is 0 Å². The fourth-order valence-electron chi connectivity index (χ4n) is 3.22. The van der Waals surface area contributed by atoms with Crippen molar-refractivity contribution >= 4 is 0 Å². The Morgan fingerprint density at radius 3 is 2.68 bits per heavy atom. The number of benzene rings is 2. The Bertz CT molecular complexity index is 1090. The lowest BCUT2D eigenvalue weighted by molar-refractivity contribution is -0.00119. The van der Waals surface area contributed by atoms with Crippen molar-refractivity contribution in [2.75, 3.05) is 7.11 Å². The molecular weight excluding hydrogens is 358 g/mol. The molecule has 140 valence electrons. The molecule has 1 aliphatic heterocycles. The highest BCUT2D eigenvalue weighted by Gasteiger charge is 2.28. The first-order chi connectivity index (χ1) is 13.8. The summed E-state index contributed by atoms with van der Waals surface area (Å²) in [6.45, 7) is 0.927. The maximum absolute atomic E-state index is 6.04. The number of rotatable bonds is 4. The van der Waals surface area contributed by atoms with Crippen molar-refractivity contribution in [3.05, 3.63) is 65.9 Å². The van der Waals surface area contributed by atoms with Gasteiger partial charge in [-0.05, 0) is 17.7 Å². The Balaban J connectivity index is 1.39. The van der Waals surface area contributed by atoms with Crippen LogP contribution in [0, 0.1) is 0 Å². The molecule has 0 saturated heterocycles. The van der Waals surface area contributed by atoms with Crippen LogP contribution in [0.25, 0.3) is 23.0 Å². The Hall–Kier alpha value is -3.52. The standard InChI is InChI=1S/C20H17N5O3/c1-26-15-9-7-13(8-10-15)17-11-25-16(12-27-17)18(22-24-25)20-21-19(23-28-20)14-5-3-2-4-6-14/h2-10,17H,11-12H2,1H3/t17-/m1/s1. The van der Waals surface area contributed by atoms with Gasteiger partial charge in [0.05, 0.1) is 26.0 Å². The molecule has 0 fully saturated rings. The summed E-state index contributed by atoms with van der Waals surface area (Å²) < 4.78 is 18.5. The largest absolute Gasteiger partial charge is 0.497 e. The maximum atomic E-state index is 6.04. The van der Waals surface area contributed by atoms with Gasteiger partial charge in [0.25, 0.3) is 5.89 Å². The molecule has 5 rings (SSSR count). The average molecular weight is 375 g/mol. The van der Waals surface area contributed by atoms with E-state index in [-0.39, 0.29) is 6.10 Å². The van der Waals surface area contributed by atoms with E-state index in [1.807, 2.05) is 59.3 Å². The molecule has 4 aromatic rings. The molecule has 1 atom stereocenters. The van der Waals surface area contributed by atoms with Gasteiger partial charge in [0, 0.05) is 5.56 Å². The molecule has 2 aromatic carbocycles. The predicted molar refractivity (Wildman–Crippen MR) is 99.3 cm³/mol. The summed E-state index contributed by atoms with van der Waals surface area (Å²) in [5.41, 5.74) is 3.33. The highest BCUT2D eigenvalue weighted by Crippen LogP contribution is 2.31. The number of methoxy groups -OCH3 is 1. The Morgan fingerprint density at radius 2 is 1.89 bits per heavy atom. The number of hydrogen-bond acceptors (Lipinski definition) is 7. The molecule has 1 aliphatic rings. The van der Waals surface area contributed by atoms with E-state index in [0.29, 0.717) is 30.6 Å². The van der Waals surface area contributed by atoms with E-state index in [1.54, 1.807) is 7.11 Å². The van der Waals surface area contributed by atoms with E-state index in [0.717, 1.165) is 22.6 Å². The Labute approximate surface area is 160 Å². The summed E-state index contributed by atoms with van der Waals surface area (Å²) in [5, 5.41) is 12.6. The zero-order valence-corrected chi connectivity index (χ0v) is 15.1. The van der Waals surface area contributed by atoms with Gasteiger partial charge in [-0.15, -0.1) is 5.10 Å². The maximum Gasteiger partial charge on any atom is 0.280 e. The fraction of sp³-hybridized carbons (Fsp3) is 0.200. The Morgan fingerprint density at radius 1 is 1.07 bits per heavy atom. The van der Waals surface area contributed by atoms with Crippen molar-refractivity contribution in [1.29, 1.82) is 0 Å². The first kappa shape index (κ1) is 16.6. The predicted octanol–water partition coefficient (Wildman–Crippen LogP) is 3.28. The molecule has 0 unspecified atom stereocenters. The van der Waals surface area contributed by atoms with Crippen molar-refractivity contribution < 1.29 is 14.0 Å². The van der Waals surface area contributed by atoms with Gasteiger partial charge in [-0.2, -0.15) is 4.98 Å². The van der Waals surface area contributed by atoms with Crippen LogP contribution in [0.4, 0.5) is 0 Å². The van der Waals surface area contributed by atoms with E-state index < -0.39 is 0 Å². The molecule has 0 spiro atoms. The van der Waals surface area contributed by atoms with Crippen LogP contribution in [0.3, 0.4) is 0 Å². The van der Waals surface area contributed by atoms with Gasteiger partial charge in [0.2, 0.25) is 5.82 Å². The lowest BCUT2D eigenvalue weighted by Crippen LogP contribution is -2.22. The molecule has 0 N–H and O–H groups in total. The van der Waals surface area contributed by atoms with Crippen molar-refractivity contribution in [2.45, 2.75) is 19.3 Å². The topological polar surface area (TPSA) is 88.1 Å². The number of nitrogens with zero attached hydrogens (tertiary/aromatic N) is 5. The van der Waals surface area contributed by atoms with Gasteiger partial charge in [0.1, 0.15) is 11.9 Å². The zero-order valence-electron chi connectivity index (χ0n) is 15.1. The van der Waals surface area contributed by atoms with Crippen molar-refractivity contribution in [1.82, 2.24) is 25.1 Å². The molecule has 28 heavy (non-hydrogen) atoms. The summed E-state index contributed by atoms with van der Waals surface area (Å²) in [4.78, 5) is 4.46. The minimum absolute atomic E-state index is 0.101. The second-order valence-electron chi connectivity index (χ2n) is 6.43. The van der Waals surface area contributed by atoms with Gasteiger partial charge in [0.15, 0.2) is 5.69 Å². The SMILES string of the molecule is COc1ccc([C@H]2Cn3nnc(-c4nc(-c5ccccc5)no4)c3CO2)cc1. The van der Waals surface area contributed by atoms with E-state index >= 15 is 0 Å². The average Bonchev–Trinajstić information content (AvgIpc) is 3.41. The fourth-order valence-corrected chi connectivity index (χ4v) is 3.22. The third kappa shape index (κ3) is 2.93. The van der Waals surface area contributed by atoms with Crippen molar-refractivity contribution in [2.24, 2.45) is 0 Å². The number of hydrogen-bond donors (Lipinski definition) is 0. The molecule has 3 heterocycles. The number of ether oxygens (including phenoxy) is 2. The molecule has 0 radical (unpaired) electrons. The molecule has 0 aliphatic carbocycles. The first-order valence-electron chi connectivity index (χ1n) is 8.89. The van der Waals surface area contributed by atoms with Gasteiger partial charge in [-0.1, -0.05) is 52.8 Å². The van der Waals surface area contributed by atoms with Gasteiger partial charge >= 0.3 is 0 Å². The zero-order chi connectivity index (χ0) is 18.9. The monoisotopic (exact) mass is 375 g/mol. The minimum Gasteiger partial charge on any atom is -0.497 e. The van der Waals surface area contributed by atoms with E-state index in [2.05, 4.69) is 20.5 Å². The molecule has 8 nitrogen and oxygen atoms in total. The summed E-state index contributed by atoms with van der Waals surface area (Å²) in [6.07, 6.45) is -0.101. The second kappa shape index (κ2) is 6.90. The van der Waals surface area contributed by atoms with Gasteiger partial charge < -0.3 is 14.0 Å². The third-order valence-corrected chi connectivity index (χ3v) is 4.75. The lowest BCUT2D eigenvalue weighted by atomic mass is 10.1. The summed E-state index contributed by atoms with van der Waals surface area (Å²) >= 11 is 0. The molecule has 0 amide bonds. The Kier molecular flexibility index (Phi) is 4.10. The second-order valence-corrected chi connectivity index (χ2v) is 6.43. The highest BCUT2D eigenvalue weighted by atomic mass is 16.5. The number of aromatic nitrogens is 5. The van der Waals surface area contributed by atoms with Crippen molar-refractivity contribution in [3.8, 4) is 28.7 Å². The minimum atomic E-state index is -0.101. The highest BCUT2D eigenvalue weighted by molar-refractivity contribution is 5.58. The van der Waals surface area contributed by atoms with Crippen LogP contribution < -0.4 is 4.74 Å². The van der Waals surface area contributed by atoms with E-state index in [1.165, 1.54) is 0 Å². The van der Waals surface area contributed by atoms with Crippen molar-refractivity contribution in [3.63, 3.8) is 0 Å². The quantitative estimate of drug-likeness (QED) is 0.541.